The van der Waals surface area contributed by atoms with Gasteiger partial charge >= 0.3 is 0 Å². The highest BCUT2D eigenvalue weighted by molar-refractivity contribution is 9.10. The van der Waals surface area contributed by atoms with Gasteiger partial charge in [0.2, 0.25) is 5.91 Å². The lowest BCUT2D eigenvalue weighted by Crippen LogP contribution is -2.32. The largest absolute Gasteiger partial charge is 0.351 e. The average Bonchev–Trinajstić information content (AvgIpc) is 3.08. The summed E-state index contributed by atoms with van der Waals surface area (Å²) < 4.78 is 13.8. The zero-order valence-electron chi connectivity index (χ0n) is 14.6. The van der Waals surface area contributed by atoms with E-state index in [0.717, 1.165) is 17.1 Å². The van der Waals surface area contributed by atoms with Crippen molar-refractivity contribution in [1.29, 1.82) is 0 Å². The molecule has 0 bridgehead atoms. The lowest BCUT2D eigenvalue weighted by atomic mass is 10.2. The maximum absolute atomic E-state index is 13.3. The van der Waals surface area contributed by atoms with Gasteiger partial charge in [0.1, 0.15) is 11.6 Å². The predicted octanol–water partition coefficient (Wildman–Crippen LogP) is 3.46. The van der Waals surface area contributed by atoms with Crippen LogP contribution in [0, 0.1) is 5.82 Å². The van der Waals surface area contributed by atoms with Gasteiger partial charge in [0.25, 0.3) is 5.91 Å². The molecule has 0 aliphatic heterocycles. The number of H-pyrrole nitrogens is 1. The number of hydrogen-bond donors (Lipinski definition) is 3. The van der Waals surface area contributed by atoms with E-state index in [2.05, 4.69) is 36.5 Å². The number of aromatic amines is 1. The van der Waals surface area contributed by atoms with Crippen LogP contribution in [0.1, 0.15) is 35.6 Å². The van der Waals surface area contributed by atoms with Crippen molar-refractivity contribution in [2.75, 3.05) is 6.54 Å². The number of para-hydroxylation sites is 2. The quantitative estimate of drug-likeness (QED) is 0.557. The van der Waals surface area contributed by atoms with Gasteiger partial charge in [0.05, 0.1) is 22.6 Å². The summed E-state index contributed by atoms with van der Waals surface area (Å²) in [5, 5.41) is 5.45. The van der Waals surface area contributed by atoms with Crippen LogP contribution in [0.3, 0.4) is 0 Å². The van der Waals surface area contributed by atoms with Crippen molar-refractivity contribution < 1.29 is 14.0 Å². The Morgan fingerprint density at radius 3 is 2.81 bits per heavy atom. The number of aromatic nitrogens is 2. The van der Waals surface area contributed by atoms with Crippen LogP contribution in [0.25, 0.3) is 11.0 Å². The number of nitrogens with one attached hydrogen (secondary N) is 3. The molecule has 0 saturated heterocycles. The molecule has 3 aromatic rings. The fourth-order valence-corrected chi connectivity index (χ4v) is 3.04. The van der Waals surface area contributed by atoms with Gasteiger partial charge in [-0.3, -0.25) is 9.59 Å². The molecule has 0 saturated carbocycles. The summed E-state index contributed by atoms with van der Waals surface area (Å²) in [4.78, 5) is 31.8. The molecule has 0 radical (unpaired) electrons. The molecule has 1 atom stereocenters. The third kappa shape index (κ3) is 4.71. The summed E-state index contributed by atoms with van der Waals surface area (Å²) in [5.74, 6) is -0.501. The molecule has 1 unspecified atom stereocenters. The fourth-order valence-electron chi connectivity index (χ4n) is 2.62. The van der Waals surface area contributed by atoms with Crippen molar-refractivity contribution in [3.8, 4) is 0 Å². The lowest BCUT2D eigenvalue weighted by Gasteiger charge is -2.12. The van der Waals surface area contributed by atoms with Crippen LogP contribution in [-0.2, 0) is 4.79 Å². The summed E-state index contributed by atoms with van der Waals surface area (Å²) >= 11 is 3.21. The number of benzene rings is 2. The summed E-state index contributed by atoms with van der Waals surface area (Å²) in [7, 11) is 0. The average molecular weight is 433 g/mol. The van der Waals surface area contributed by atoms with E-state index in [1.54, 1.807) is 0 Å². The van der Waals surface area contributed by atoms with Crippen molar-refractivity contribution >= 4 is 38.8 Å². The minimum absolute atomic E-state index is 0.100. The van der Waals surface area contributed by atoms with E-state index in [4.69, 9.17) is 0 Å². The number of carbonyl (C=O) groups excluding carboxylic acids is 2. The molecule has 27 heavy (non-hydrogen) atoms. The van der Waals surface area contributed by atoms with E-state index in [1.807, 2.05) is 31.2 Å². The normalized spacial score (nSPS) is 12.0. The minimum atomic E-state index is -0.499. The fraction of sp³-hybridized carbons (Fsp3) is 0.211. The van der Waals surface area contributed by atoms with Crippen LogP contribution >= 0.6 is 15.9 Å². The van der Waals surface area contributed by atoms with E-state index in [-0.39, 0.29) is 30.5 Å². The number of hydrogen-bond acceptors (Lipinski definition) is 3. The van der Waals surface area contributed by atoms with Crippen LogP contribution in [0.5, 0.6) is 0 Å². The zero-order valence-corrected chi connectivity index (χ0v) is 16.1. The third-order valence-corrected chi connectivity index (χ3v) is 4.70. The Bertz CT molecular complexity index is 956. The SMILES string of the molecule is CC(NC(=O)CCNC(=O)c1cc(F)ccc1Br)c1nc2ccccc2[nH]1. The molecule has 0 aliphatic carbocycles. The molecule has 2 amide bonds. The lowest BCUT2D eigenvalue weighted by molar-refractivity contribution is -0.121. The van der Waals surface area contributed by atoms with Gasteiger partial charge < -0.3 is 15.6 Å². The number of imidazole rings is 1. The molecule has 8 heteroatoms. The Kier molecular flexibility index (Phi) is 5.85. The van der Waals surface area contributed by atoms with E-state index in [9.17, 15) is 14.0 Å². The second-order valence-corrected chi connectivity index (χ2v) is 6.91. The number of carbonyl (C=O) groups is 2. The summed E-state index contributed by atoms with van der Waals surface area (Å²) in [5.41, 5.74) is 1.93. The van der Waals surface area contributed by atoms with Gasteiger partial charge in [0.15, 0.2) is 0 Å². The van der Waals surface area contributed by atoms with Gasteiger partial charge in [-0.15, -0.1) is 0 Å². The Balaban J connectivity index is 1.50. The number of fused-ring (bicyclic) bond motifs is 1. The van der Waals surface area contributed by atoms with E-state index in [1.165, 1.54) is 12.1 Å². The van der Waals surface area contributed by atoms with Gasteiger partial charge in [-0.2, -0.15) is 0 Å². The molecule has 3 N–H and O–H groups in total. The minimum Gasteiger partial charge on any atom is -0.351 e. The maximum atomic E-state index is 13.3. The topological polar surface area (TPSA) is 86.9 Å². The first-order valence-corrected chi connectivity index (χ1v) is 9.20. The number of amides is 2. The van der Waals surface area contributed by atoms with Gasteiger partial charge in [-0.05, 0) is 53.2 Å². The van der Waals surface area contributed by atoms with Crippen LogP contribution in [0.4, 0.5) is 4.39 Å². The first-order valence-electron chi connectivity index (χ1n) is 8.41. The van der Waals surface area contributed by atoms with Gasteiger partial charge in [-0.1, -0.05) is 12.1 Å². The molecule has 0 aliphatic rings. The maximum Gasteiger partial charge on any atom is 0.252 e. The van der Waals surface area contributed by atoms with Crippen LogP contribution in [0.2, 0.25) is 0 Å². The second-order valence-electron chi connectivity index (χ2n) is 6.06. The molecular weight excluding hydrogens is 415 g/mol. The van der Waals surface area contributed by atoms with Crippen LogP contribution < -0.4 is 10.6 Å². The molecule has 0 fully saturated rings. The number of halogens is 2. The Morgan fingerprint density at radius 1 is 1.26 bits per heavy atom. The molecule has 140 valence electrons. The van der Waals surface area contributed by atoms with Crippen LogP contribution in [0.15, 0.2) is 46.9 Å². The monoisotopic (exact) mass is 432 g/mol. The van der Waals surface area contributed by atoms with Crippen molar-refractivity contribution in [2.45, 2.75) is 19.4 Å². The summed E-state index contributed by atoms with van der Waals surface area (Å²) in [6.07, 6.45) is 0.100. The number of rotatable bonds is 6. The first kappa shape index (κ1) is 19.0. The third-order valence-electron chi connectivity index (χ3n) is 4.01. The zero-order chi connectivity index (χ0) is 19.4. The van der Waals surface area contributed by atoms with Crippen molar-refractivity contribution in [1.82, 2.24) is 20.6 Å². The van der Waals surface area contributed by atoms with Crippen molar-refractivity contribution in [3.05, 3.63) is 64.1 Å². The molecule has 1 aromatic heterocycles. The molecule has 6 nitrogen and oxygen atoms in total. The first-order chi connectivity index (χ1) is 12.9. The van der Waals surface area contributed by atoms with E-state index < -0.39 is 11.7 Å². The molecule has 2 aromatic carbocycles. The second kappa shape index (κ2) is 8.30. The standard InChI is InChI=1S/C19H18BrFN4O2/c1-11(18-24-15-4-2-3-5-16(15)25-18)23-17(26)8-9-22-19(27)13-10-12(21)6-7-14(13)20/h2-7,10-11H,8-9H2,1H3,(H,22,27)(H,23,26)(H,24,25). The predicted molar refractivity (Wildman–Crippen MR) is 104 cm³/mol. The van der Waals surface area contributed by atoms with E-state index in [0.29, 0.717) is 10.3 Å². The van der Waals surface area contributed by atoms with Gasteiger partial charge in [-0.25, -0.2) is 9.37 Å². The Labute approximate surface area is 163 Å². The van der Waals surface area contributed by atoms with Crippen LogP contribution in [-0.4, -0.2) is 28.3 Å². The molecular formula is C19H18BrFN4O2. The summed E-state index contributed by atoms with van der Waals surface area (Å²) in [6.45, 7) is 1.97. The van der Waals surface area contributed by atoms with E-state index >= 15 is 0 Å². The van der Waals surface area contributed by atoms with Crippen molar-refractivity contribution in [3.63, 3.8) is 0 Å². The summed E-state index contributed by atoms with van der Waals surface area (Å²) in [6, 6.07) is 11.2. The van der Waals surface area contributed by atoms with Crippen molar-refractivity contribution in [2.24, 2.45) is 0 Å². The molecule has 3 rings (SSSR count). The van der Waals surface area contributed by atoms with Gasteiger partial charge in [0, 0.05) is 17.4 Å². The molecule has 1 heterocycles. The highest BCUT2D eigenvalue weighted by atomic mass is 79.9. The molecule has 0 spiro atoms. The highest BCUT2D eigenvalue weighted by Crippen LogP contribution is 2.18. The smallest absolute Gasteiger partial charge is 0.252 e. The highest BCUT2D eigenvalue weighted by Gasteiger charge is 2.15. The Morgan fingerprint density at radius 2 is 2.04 bits per heavy atom. The number of nitrogens with zero attached hydrogens (tertiary/aromatic N) is 1. The Hall–Kier alpha value is -2.74.